The Bertz CT molecular complexity index is 860. The molecule has 110 valence electrons. The second-order valence-electron chi connectivity index (χ2n) is 4.61. The minimum Gasteiger partial charge on any atom is -0.350 e. The molecule has 0 atom stereocenters. The summed E-state index contributed by atoms with van der Waals surface area (Å²) in [7, 11) is 0. The Kier molecular flexibility index (Phi) is 3.86. The molecule has 0 unspecified atom stereocenters. The van der Waals surface area contributed by atoms with Crippen LogP contribution in [0.2, 0.25) is 0 Å². The SMILES string of the molecule is O=C(NCCn1cnc2cccnc2c1=O)c1cccnc1. The van der Waals surface area contributed by atoms with Crippen LogP contribution >= 0.6 is 0 Å². The van der Waals surface area contributed by atoms with Crippen LogP contribution in [0.15, 0.2) is 54.0 Å². The molecule has 0 saturated heterocycles. The van der Waals surface area contributed by atoms with E-state index in [-0.39, 0.29) is 11.5 Å². The Balaban J connectivity index is 1.68. The van der Waals surface area contributed by atoms with Crippen LogP contribution in [0.5, 0.6) is 0 Å². The van der Waals surface area contributed by atoms with Crippen LogP contribution in [0.1, 0.15) is 10.4 Å². The van der Waals surface area contributed by atoms with Gasteiger partial charge in [-0.2, -0.15) is 0 Å². The van der Waals surface area contributed by atoms with Gasteiger partial charge in [0.1, 0.15) is 0 Å². The Morgan fingerprint density at radius 3 is 2.86 bits per heavy atom. The normalized spacial score (nSPS) is 10.5. The van der Waals surface area contributed by atoms with Gasteiger partial charge in [-0.15, -0.1) is 0 Å². The molecule has 3 aromatic heterocycles. The summed E-state index contributed by atoms with van der Waals surface area (Å²) in [5.74, 6) is -0.229. The van der Waals surface area contributed by atoms with E-state index in [4.69, 9.17) is 0 Å². The lowest BCUT2D eigenvalue weighted by Gasteiger charge is -2.07. The molecular formula is C15H13N5O2. The van der Waals surface area contributed by atoms with Crippen LogP contribution in [0.25, 0.3) is 11.0 Å². The highest BCUT2D eigenvalue weighted by Crippen LogP contribution is 2.00. The second-order valence-corrected chi connectivity index (χ2v) is 4.61. The number of nitrogens with one attached hydrogen (secondary N) is 1. The maximum atomic E-state index is 12.2. The fourth-order valence-electron chi connectivity index (χ4n) is 2.03. The van der Waals surface area contributed by atoms with Crippen LogP contribution in [-0.2, 0) is 6.54 Å². The Labute approximate surface area is 125 Å². The molecule has 22 heavy (non-hydrogen) atoms. The van der Waals surface area contributed by atoms with E-state index < -0.39 is 0 Å². The van der Waals surface area contributed by atoms with Crippen molar-refractivity contribution in [3.05, 3.63) is 65.1 Å². The largest absolute Gasteiger partial charge is 0.350 e. The summed E-state index contributed by atoms with van der Waals surface area (Å²) in [6.07, 6.45) is 6.11. The molecule has 0 fully saturated rings. The zero-order chi connectivity index (χ0) is 15.4. The van der Waals surface area contributed by atoms with Crippen LogP contribution in [-0.4, -0.2) is 32.0 Å². The second kappa shape index (κ2) is 6.13. The number of hydrogen-bond donors (Lipinski definition) is 1. The molecule has 7 heteroatoms. The number of aromatic nitrogens is 4. The van der Waals surface area contributed by atoms with E-state index in [1.165, 1.54) is 17.1 Å². The summed E-state index contributed by atoms with van der Waals surface area (Å²) in [5, 5.41) is 2.74. The number of amides is 1. The lowest BCUT2D eigenvalue weighted by Crippen LogP contribution is -2.31. The highest BCUT2D eigenvalue weighted by atomic mass is 16.1. The van der Waals surface area contributed by atoms with Crippen LogP contribution in [0, 0.1) is 0 Å². The monoisotopic (exact) mass is 295 g/mol. The van der Waals surface area contributed by atoms with E-state index in [1.54, 1.807) is 36.7 Å². The fourth-order valence-corrected chi connectivity index (χ4v) is 2.03. The minimum atomic E-state index is -0.229. The molecular weight excluding hydrogens is 282 g/mol. The van der Waals surface area contributed by atoms with E-state index >= 15 is 0 Å². The average Bonchev–Trinajstić information content (AvgIpc) is 2.58. The number of fused-ring (bicyclic) bond motifs is 1. The van der Waals surface area contributed by atoms with Crippen molar-refractivity contribution in [2.24, 2.45) is 0 Å². The van der Waals surface area contributed by atoms with Crippen molar-refractivity contribution in [2.45, 2.75) is 6.54 Å². The first kappa shape index (κ1) is 13.9. The van der Waals surface area contributed by atoms with Gasteiger partial charge in [-0.25, -0.2) is 9.97 Å². The Morgan fingerprint density at radius 1 is 1.18 bits per heavy atom. The number of rotatable bonds is 4. The standard InChI is InChI=1S/C15H13N5O2/c21-14(11-3-1-5-16-9-11)18-7-8-20-10-19-12-4-2-6-17-13(12)15(20)22/h1-6,9-10H,7-8H2,(H,18,21). The molecule has 0 bridgehead atoms. The van der Waals surface area contributed by atoms with E-state index in [9.17, 15) is 9.59 Å². The molecule has 0 aliphatic carbocycles. The molecule has 3 rings (SSSR count). The van der Waals surface area contributed by atoms with Crippen molar-refractivity contribution >= 4 is 16.9 Å². The van der Waals surface area contributed by atoms with Crippen LogP contribution < -0.4 is 10.9 Å². The predicted molar refractivity (Wildman–Crippen MR) is 80.4 cm³/mol. The zero-order valence-electron chi connectivity index (χ0n) is 11.6. The van der Waals surface area contributed by atoms with E-state index in [1.807, 2.05) is 0 Å². The third-order valence-electron chi connectivity index (χ3n) is 3.15. The summed E-state index contributed by atoms with van der Waals surface area (Å²) in [6, 6.07) is 6.83. The van der Waals surface area contributed by atoms with Gasteiger partial charge < -0.3 is 5.32 Å². The third kappa shape index (κ3) is 2.83. The van der Waals surface area contributed by atoms with Gasteiger partial charge in [0.25, 0.3) is 11.5 Å². The van der Waals surface area contributed by atoms with Gasteiger partial charge in [-0.05, 0) is 24.3 Å². The van der Waals surface area contributed by atoms with Crippen molar-refractivity contribution in [2.75, 3.05) is 6.54 Å². The summed E-state index contributed by atoms with van der Waals surface area (Å²) in [6.45, 7) is 0.637. The van der Waals surface area contributed by atoms with E-state index in [0.29, 0.717) is 29.7 Å². The van der Waals surface area contributed by atoms with Gasteiger partial charge in [-0.3, -0.25) is 19.1 Å². The van der Waals surface area contributed by atoms with Crippen LogP contribution in [0.3, 0.4) is 0 Å². The maximum absolute atomic E-state index is 12.2. The van der Waals surface area contributed by atoms with Gasteiger partial charge in [0, 0.05) is 31.7 Å². The number of nitrogens with zero attached hydrogens (tertiary/aromatic N) is 4. The molecule has 0 aliphatic heterocycles. The average molecular weight is 295 g/mol. The first-order valence-electron chi connectivity index (χ1n) is 6.74. The number of carbonyl (C=O) groups excluding carboxylic acids is 1. The molecule has 0 spiro atoms. The predicted octanol–water partition coefficient (Wildman–Crippen LogP) is 0.616. The van der Waals surface area contributed by atoms with Crippen LogP contribution in [0.4, 0.5) is 0 Å². The first-order chi connectivity index (χ1) is 10.8. The van der Waals surface area contributed by atoms with Gasteiger partial charge in [0.15, 0.2) is 5.52 Å². The van der Waals surface area contributed by atoms with E-state index in [0.717, 1.165) is 0 Å². The van der Waals surface area contributed by atoms with Gasteiger partial charge in [0.05, 0.1) is 17.4 Å². The molecule has 7 nitrogen and oxygen atoms in total. The number of pyridine rings is 2. The highest BCUT2D eigenvalue weighted by molar-refractivity contribution is 5.93. The minimum absolute atomic E-state index is 0.221. The number of carbonyl (C=O) groups is 1. The molecule has 3 aromatic rings. The van der Waals surface area contributed by atoms with Crippen molar-refractivity contribution in [3.63, 3.8) is 0 Å². The fraction of sp³-hybridized carbons (Fsp3) is 0.133. The highest BCUT2D eigenvalue weighted by Gasteiger charge is 2.06. The molecule has 0 aromatic carbocycles. The van der Waals surface area contributed by atoms with E-state index in [2.05, 4.69) is 20.3 Å². The van der Waals surface area contributed by atoms with Crippen molar-refractivity contribution in [1.82, 2.24) is 24.8 Å². The first-order valence-corrected chi connectivity index (χ1v) is 6.74. The molecule has 0 saturated carbocycles. The lowest BCUT2D eigenvalue weighted by atomic mass is 10.3. The molecule has 0 radical (unpaired) electrons. The molecule has 3 heterocycles. The van der Waals surface area contributed by atoms with Crippen molar-refractivity contribution in [1.29, 1.82) is 0 Å². The number of hydrogen-bond acceptors (Lipinski definition) is 5. The van der Waals surface area contributed by atoms with Crippen molar-refractivity contribution in [3.8, 4) is 0 Å². The molecule has 0 aliphatic rings. The quantitative estimate of drug-likeness (QED) is 0.762. The van der Waals surface area contributed by atoms with Crippen molar-refractivity contribution < 1.29 is 4.79 Å². The Hall–Kier alpha value is -3.09. The molecule has 1 amide bonds. The summed E-state index contributed by atoms with van der Waals surface area (Å²) in [5.41, 5.74) is 1.14. The summed E-state index contributed by atoms with van der Waals surface area (Å²) >= 11 is 0. The van der Waals surface area contributed by atoms with Gasteiger partial charge in [0.2, 0.25) is 0 Å². The summed E-state index contributed by atoms with van der Waals surface area (Å²) < 4.78 is 1.43. The maximum Gasteiger partial charge on any atom is 0.279 e. The third-order valence-corrected chi connectivity index (χ3v) is 3.15. The van der Waals surface area contributed by atoms with Gasteiger partial charge in [-0.1, -0.05) is 0 Å². The lowest BCUT2D eigenvalue weighted by molar-refractivity contribution is 0.0952. The topological polar surface area (TPSA) is 89.8 Å². The summed E-state index contributed by atoms with van der Waals surface area (Å²) in [4.78, 5) is 36.2. The zero-order valence-corrected chi connectivity index (χ0v) is 11.6. The van der Waals surface area contributed by atoms with Gasteiger partial charge >= 0.3 is 0 Å². The smallest absolute Gasteiger partial charge is 0.279 e. The molecule has 1 N–H and O–H groups in total. The Morgan fingerprint density at radius 2 is 2.05 bits per heavy atom.